The number of aryl methyl sites for hydroxylation is 1. The molecule has 2 aromatic rings. The smallest absolute Gasteiger partial charge is 0.255 e. The van der Waals surface area contributed by atoms with Gasteiger partial charge in [0, 0.05) is 24.7 Å². The van der Waals surface area contributed by atoms with Crippen LogP contribution in [0.5, 0.6) is 11.5 Å². The van der Waals surface area contributed by atoms with Crippen LogP contribution in [-0.2, 0) is 10.0 Å². The fourth-order valence-electron chi connectivity index (χ4n) is 3.10. The number of carbonyl (C=O) groups excluding carboxylic acids is 1. The van der Waals surface area contributed by atoms with Crippen LogP contribution in [-0.4, -0.2) is 45.4 Å². The molecule has 0 aliphatic heterocycles. The molecule has 0 aromatic heterocycles. The molecule has 0 aliphatic rings. The first-order chi connectivity index (χ1) is 14.8. The Morgan fingerprint density at radius 1 is 1.06 bits per heavy atom. The quantitative estimate of drug-likeness (QED) is 0.513. The number of rotatable bonds is 11. The first-order valence-corrected chi connectivity index (χ1v) is 11.9. The first kappa shape index (κ1) is 24.7. The van der Waals surface area contributed by atoms with Gasteiger partial charge in [-0.2, -0.15) is 4.31 Å². The largest absolute Gasteiger partial charge is 0.497 e. The molecule has 31 heavy (non-hydrogen) atoms. The minimum atomic E-state index is -3.69. The summed E-state index contributed by atoms with van der Waals surface area (Å²) in [5, 5.41) is 2.83. The van der Waals surface area contributed by atoms with Gasteiger partial charge in [-0.15, -0.1) is 0 Å². The van der Waals surface area contributed by atoms with Gasteiger partial charge in [0.15, 0.2) is 0 Å². The van der Waals surface area contributed by atoms with Gasteiger partial charge in [0.05, 0.1) is 24.3 Å². The van der Waals surface area contributed by atoms with Gasteiger partial charge in [-0.3, -0.25) is 4.79 Å². The highest BCUT2D eigenvalue weighted by atomic mass is 32.2. The number of hydrogen-bond acceptors (Lipinski definition) is 5. The lowest BCUT2D eigenvalue weighted by Gasteiger charge is -2.20. The highest BCUT2D eigenvalue weighted by Gasteiger charge is 2.25. The number of amides is 1. The Labute approximate surface area is 185 Å². The Hall–Kier alpha value is -2.58. The fourth-order valence-corrected chi connectivity index (χ4v) is 4.81. The topological polar surface area (TPSA) is 84.9 Å². The van der Waals surface area contributed by atoms with Crippen LogP contribution < -0.4 is 14.8 Å². The molecule has 0 aliphatic carbocycles. The van der Waals surface area contributed by atoms with Crippen molar-refractivity contribution in [2.75, 3.05) is 32.1 Å². The van der Waals surface area contributed by atoms with Crippen LogP contribution in [0.1, 0.15) is 49.5 Å². The van der Waals surface area contributed by atoms with Crippen LogP contribution in [0.2, 0.25) is 0 Å². The summed E-state index contributed by atoms with van der Waals surface area (Å²) in [4.78, 5) is 13.1. The van der Waals surface area contributed by atoms with E-state index in [0.717, 1.165) is 12.8 Å². The zero-order chi connectivity index (χ0) is 23.0. The van der Waals surface area contributed by atoms with E-state index in [-0.39, 0.29) is 10.5 Å². The second-order valence-corrected chi connectivity index (χ2v) is 8.99. The third-order valence-corrected chi connectivity index (χ3v) is 7.16. The third-order valence-electron chi connectivity index (χ3n) is 4.96. The van der Waals surface area contributed by atoms with Gasteiger partial charge < -0.3 is 14.8 Å². The minimum Gasteiger partial charge on any atom is -0.497 e. The molecule has 0 bridgehead atoms. The van der Waals surface area contributed by atoms with E-state index in [9.17, 15) is 13.2 Å². The predicted molar refractivity (Wildman–Crippen MR) is 123 cm³/mol. The Morgan fingerprint density at radius 2 is 1.77 bits per heavy atom. The summed E-state index contributed by atoms with van der Waals surface area (Å²) in [5.74, 6) is 0.683. The first-order valence-electron chi connectivity index (χ1n) is 10.5. The van der Waals surface area contributed by atoms with Crippen molar-refractivity contribution in [3.05, 3.63) is 47.5 Å². The second-order valence-electron chi connectivity index (χ2n) is 7.09. The molecular weight excluding hydrogens is 416 g/mol. The summed E-state index contributed by atoms with van der Waals surface area (Å²) >= 11 is 0. The van der Waals surface area contributed by atoms with Gasteiger partial charge in [-0.25, -0.2) is 8.42 Å². The molecule has 1 N–H and O–H groups in total. The Balaban J connectivity index is 2.36. The summed E-state index contributed by atoms with van der Waals surface area (Å²) in [5.41, 5.74) is 1.31. The van der Waals surface area contributed by atoms with Crippen LogP contribution in [0.3, 0.4) is 0 Å². The number of nitrogens with one attached hydrogen (secondary N) is 1. The molecule has 0 atom stereocenters. The molecule has 0 spiro atoms. The van der Waals surface area contributed by atoms with Crippen LogP contribution in [0.4, 0.5) is 5.69 Å². The van der Waals surface area contributed by atoms with Crippen molar-refractivity contribution in [1.29, 1.82) is 0 Å². The lowest BCUT2D eigenvalue weighted by Crippen LogP contribution is -2.31. The molecule has 0 unspecified atom stereocenters. The van der Waals surface area contributed by atoms with E-state index in [1.807, 2.05) is 0 Å². The second kappa shape index (κ2) is 11.2. The van der Waals surface area contributed by atoms with Crippen molar-refractivity contribution in [1.82, 2.24) is 4.31 Å². The van der Waals surface area contributed by atoms with Crippen molar-refractivity contribution in [3.63, 3.8) is 0 Å². The van der Waals surface area contributed by atoms with Gasteiger partial charge in [0.25, 0.3) is 5.91 Å². The maximum atomic E-state index is 13.0. The number of anilines is 1. The number of sulfonamides is 1. The maximum absolute atomic E-state index is 13.0. The average molecular weight is 449 g/mol. The van der Waals surface area contributed by atoms with Crippen molar-refractivity contribution >= 4 is 21.6 Å². The number of ether oxygens (including phenoxy) is 2. The molecule has 0 fully saturated rings. The van der Waals surface area contributed by atoms with Gasteiger partial charge >= 0.3 is 0 Å². The highest BCUT2D eigenvalue weighted by Crippen LogP contribution is 2.30. The van der Waals surface area contributed by atoms with Gasteiger partial charge in [0.1, 0.15) is 11.5 Å². The van der Waals surface area contributed by atoms with E-state index < -0.39 is 15.9 Å². The van der Waals surface area contributed by atoms with Crippen molar-refractivity contribution in [2.45, 2.75) is 45.4 Å². The molecule has 0 heterocycles. The fraction of sp³-hybridized carbons (Fsp3) is 0.435. The van der Waals surface area contributed by atoms with Gasteiger partial charge in [-0.05, 0) is 43.2 Å². The molecule has 7 nitrogen and oxygen atoms in total. The predicted octanol–water partition coefficient (Wildman–Crippen LogP) is 4.47. The van der Waals surface area contributed by atoms with Crippen LogP contribution in [0, 0.1) is 6.92 Å². The molecule has 1 amide bonds. The molecule has 2 rings (SSSR count). The lowest BCUT2D eigenvalue weighted by molar-refractivity contribution is 0.102. The van der Waals surface area contributed by atoms with Crippen molar-refractivity contribution < 1.29 is 22.7 Å². The molecule has 170 valence electrons. The van der Waals surface area contributed by atoms with Crippen LogP contribution in [0.15, 0.2) is 41.3 Å². The molecular formula is C23H32N2O5S. The van der Waals surface area contributed by atoms with E-state index in [2.05, 4.69) is 12.2 Å². The number of nitrogens with zero attached hydrogens (tertiary/aromatic N) is 1. The van der Waals surface area contributed by atoms with E-state index in [0.29, 0.717) is 42.4 Å². The van der Waals surface area contributed by atoms with Gasteiger partial charge in [-0.1, -0.05) is 33.3 Å². The monoisotopic (exact) mass is 448 g/mol. The maximum Gasteiger partial charge on any atom is 0.255 e. The van der Waals surface area contributed by atoms with E-state index in [1.54, 1.807) is 58.2 Å². The number of hydrogen-bond donors (Lipinski definition) is 1. The normalized spacial score (nSPS) is 11.4. The van der Waals surface area contributed by atoms with Gasteiger partial charge in [0.2, 0.25) is 10.0 Å². The molecule has 0 saturated carbocycles. The Bertz CT molecular complexity index is 1000. The Morgan fingerprint density at radius 3 is 2.39 bits per heavy atom. The summed E-state index contributed by atoms with van der Waals surface area (Å²) in [6, 6.07) is 9.88. The number of unbranched alkanes of at least 4 members (excludes halogenated alkanes) is 1. The number of benzene rings is 2. The van der Waals surface area contributed by atoms with E-state index in [1.165, 1.54) is 10.4 Å². The number of carbonyl (C=O) groups is 1. The van der Waals surface area contributed by atoms with E-state index >= 15 is 0 Å². The zero-order valence-corrected chi connectivity index (χ0v) is 19.7. The summed E-state index contributed by atoms with van der Waals surface area (Å²) < 4.78 is 38.4. The van der Waals surface area contributed by atoms with E-state index in [4.69, 9.17) is 9.47 Å². The van der Waals surface area contributed by atoms with Crippen molar-refractivity contribution in [2.24, 2.45) is 0 Å². The number of methoxy groups -OCH3 is 1. The Kier molecular flexibility index (Phi) is 8.88. The van der Waals surface area contributed by atoms with Crippen LogP contribution in [0.25, 0.3) is 0 Å². The summed E-state index contributed by atoms with van der Waals surface area (Å²) in [6.07, 6.45) is 1.88. The zero-order valence-electron chi connectivity index (χ0n) is 18.9. The average Bonchev–Trinajstić information content (AvgIpc) is 2.75. The minimum absolute atomic E-state index is 0.133. The molecule has 8 heteroatoms. The van der Waals surface area contributed by atoms with Crippen LogP contribution >= 0.6 is 0 Å². The SMILES string of the molecule is CCCCOc1ccc(OC)cc1NC(=O)c1ccc(C)c(S(=O)(=O)N(CC)CC)c1. The molecule has 2 aromatic carbocycles. The van der Waals surface area contributed by atoms with Crippen molar-refractivity contribution in [3.8, 4) is 11.5 Å². The molecule has 0 saturated heterocycles. The summed E-state index contributed by atoms with van der Waals surface area (Å²) in [7, 11) is -2.14. The third kappa shape index (κ3) is 5.98. The summed E-state index contributed by atoms with van der Waals surface area (Å²) in [6.45, 7) is 8.61. The lowest BCUT2D eigenvalue weighted by atomic mass is 10.1. The standard InChI is InChI=1S/C23H32N2O5S/c1-6-9-14-30-21-13-12-19(29-5)16-20(21)24-23(26)18-11-10-17(4)22(15-18)31(27,28)25(7-2)8-3/h10-13,15-16H,6-9,14H2,1-5H3,(H,24,26). The molecule has 0 radical (unpaired) electrons. The highest BCUT2D eigenvalue weighted by molar-refractivity contribution is 7.89.